The van der Waals surface area contributed by atoms with Crippen molar-refractivity contribution in [3.05, 3.63) is 42.2 Å². The lowest BCUT2D eigenvalue weighted by Crippen LogP contribution is -2.15. The van der Waals surface area contributed by atoms with Gasteiger partial charge in [0.25, 0.3) is 0 Å². The fraction of sp³-hybridized carbons (Fsp3) is 0.643. The summed E-state index contributed by atoms with van der Waals surface area (Å²) in [5, 5.41) is 0. The van der Waals surface area contributed by atoms with Crippen molar-refractivity contribution < 1.29 is 4.74 Å². The first-order chi connectivity index (χ1) is 15.3. The number of hydrogen-bond donors (Lipinski definition) is 0. The fourth-order valence-corrected chi connectivity index (χ4v) is 4.85. The zero-order chi connectivity index (χ0) is 21.7. The topological polar surface area (TPSA) is 35.0 Å². The van der Waals surface area contributed by atoms with Gasteiger partial charge in [-0.3, -0.25) is 0 Å². The number of aromatic nitrogens is 2. The molecule has 1 aliphatic carbocycles. The predicted octanol–water partition coefficient (Wildman–Crippen LogP) is 8.03. The van der Waals surface area contributed by atoms with E-state index in [1.54, 1.807) is 0 Å². The van der Waals surface area contributed by atoms with E-state index in [9.17, 15) is 0 Å². The molecule has 0 aliphatic heterocycles. The third-order valence-corrected chi connectivity index (χ3v) is 6.81. The first kappa shape index (κ1) is 23.8. The van der Waals surface area contributed by atoms with E-state index in [2.05, 4.69) is 35.9 Å². The summed E-state index contributed by atoms with van der Waals surface area (Å²) in [6.07, 6.45) is 21.4. The quantitative estimate of drug-likeness (QED) is 0.306. The van der Waals surface area contributed by atoms with Crippen molar-refractivity contribution in [3.63, 3.8) is 0 Å². The van der Waals surface area contributed by atoms with Gasteiger partial charge in [0.05, 0.1) is 6.61 Å². The standard InChI is InChI=1S/C28H42N2O/c1-3-5-6-7-10-23-12-14-24(15-13-23)11-8-20-31-27-18-16-26(17-19-27)28-29-21-25(9-4-2)22-30-28/h16-19,21-24H,3-15,20H2,1-2H3/t23-,24-. The van der Waals surface area contributed by atoms with Crippen LogP contribution in [0.2, 0.25) is 0 Å². The zero-order valence-electron chi connectivity index (χ0n) is 19.8. The average molecular weight is 423 g/mol. The number of nitrogens with zero attached hydrogens (tertiary/aromatic N) is 2. The van der Waals surface area contributed by atoms with Crippen LogP contribution in [0.5, 0.6) is 5.75 Å². The number of benzene rings is 1. The Hall–Kier alpha value is -1.90. The molecule has 0 amide bonds. The maximum Gasteiger partial charge on any atom is 0.159 e. The van der Waals surface area contributed by atoms with Crippen LogP contribution in [-0.2, 0) is 6.42 Å². The van der Waals surface area contributed by atoms with Gasteiger partial charge in [-0.15, -0.1) is 0 Å². The third kappa shape index (κ3) is 8.27. The summed E-state index contributed by atoms with van der Waals surface area (Å²) in [5.74, 6) is 3.66. The molecule has 0 N–H and O–H groups in total. The molecule has 0 spiro atoms. The normalized spacial score (nSPS) is 18.8. The molecule has 1 heterocycles. The van der Waals surface area contributed by atoms with Crippen LogP contribution in [0, 0.1) is 11.8 Å². The molecule has 0 atom stereocenters. The molecular weight excluding hydrogens is 380 g/mol. The van der Waals surface area contributed by atoms with E-state index >= 15 is 0 Å². The van der Waals surface area contributed by atoms with E-state index < -0.39 is 0 Å². The van der Waals surface area contributed by atoms with Gasteiger partial charge in [0.2, 0.25) is 0 Å². The zero-order valence-corrected chi connectivity index (χ0v) is 19.8. The maximum absolute atomic E-state index is 6.00. The fourth-order valence-electron chi connectivity index (χ4n) is 4.85. The summed E-state index contributed by atoms with van der Waals surface area (Å²) in [5.41, 5.74) is 2.24. The summed E-state index contributed by atoms with van der Waals surface area (Å²) in [7, 11) is 0. The van der Waals surface area contributed by atoms with Crippen molar-refractivity contribution in [1.82, 2.24) is 9.97 Å². The number of hydrogen-bond acceptors (Lipinski definition) is 3. The van der Waals surface area contributed by atoms with E-state index in [0.29, 0.717) is 0 Å². The van der Waals surface area contributed by atoms with Crippen LogP contribution in [0.25, 0.3) is 11.4 Å². The predicted molar refractivity (Wildman–Crippen MR) is 130 cm³/mol. The molecule has 170 valence electrons. The molecule has 3 rings (SSSR count). The number of ether oxygens (including phenoxy) is 1. The summed E-state index contributed by atoms with van der Waals surface area (Å²) < 4.78 is 6.00. The highest BCUT2D eigenvalue weighted by Crippen LogP contribution is 2.34. The van der Waals surface area contributed by atoms with Crippen LogP contribution >= 0.6 is 0 Å². The van der Waals surface area contributed by atoms with Crippen molar-refractivity contribution in [2.24, 2.45) is 11.8 Å². The molecule has 1 aliphatic rings. The summed E-state index contributed by atoms with van der Waals surface area (Å²) >= 11 is 0. The lowest BCUT2D eigenvalue weighted by molar-refractivity contribution is 0.228. The Kier molecular flexibility index (Phi) is 10.3. The molecule has 0 saturated heterocycles. The minimum Gasteiger partial charge on any atom is -0.494 e. The van der Waals surface area contributed by atoms with Crippen molar-refractivity contribution >= 4 is 0 Å². The van der Waals surface area contributed by atoms with Gasteiger partial charge in [-0.2, -0.15) is 0 Å². The first-order valence-electron chi connectivity index (χ1n) is 12.8. The van der Waals surface area contributed by atoms with Crippen molar-refractivity contribution in [2.45, 2.75) is 97.3 Å². The van der Waals surface area contributed by atoms with Crippen LogP contribution in [0.4, 0.5) is 0 Å². The van der Waals surface area contributed by atoms with Gasteiger partial charge in [-0.05, 0) is 60.9 Å². The Morgan fingerprint density at radius 1 is 0.774 bits per heavy atom. The molecule has 1 aromatic heterocycles. The highest BCUT2D eigenvalue weighted by atomic mass is 16.5. The number of aryl methyl sites for hydroxylation is 1. The van der Waals surface area contributed by atoms with Crippen molar-refractivity contribution in [3.8, 4) is 17.1 Å². The molecule has 3 nitrogen and oxygen atoms in total. The molecule has 0 unspecified atom stereocenters. The molecule has 0 bridgehead atoms. The smallest absolute Gasteiger partial charge is 0.159 e. The van der Waals surface area contributed by atoms with Crippen LogP contribution in [0.1, 0.15) is 96.5 Å². The van der Waals surface area contributed by atoms with Gasteiger partial charge in [-0.25, -0.2) is 9.97 Å². The van der Waals surface area contributed by atoms with Crippen molar-refractivity contribution in [2.75, 3.05) is 6.61 Å². The van der Waals surface area contributed by atoms with E-state index in [1.807, 2.05) is 24.5 Å². The third-order valence-electron chi connectivity index (χ3n) is 6.81. The monoisotopic (exact) mass is 422 g/mol. The first-order valence-corrected chi connectivity index (χ1v) is 12.8. The van der Waals surface area contributed by atoms with Crippen molar-refractivity contribution in [1.29, 1.82) is 0 Å². The van der Waals surface area contributed by atoms with Gasteiger partial charge in [-0.1, -0.05) is 78.1 Å². The summed E-state index contributed by atoms with van der Waals surface area (Å²) in [6, 6.07) is 8.21. The van der Waals surface area contributed by atoms with Gasteiger partial charge in [0.15, 0.2) is 5.82 Å². The van der Waals surface area contributed by atoms with Crippen LogP contribution < -0.4 is 4.74 Å². The van der Waals surface area contributed by atoms with E-state index in [0.717, 1.165) is 54.8 Å². The largest absolute Gasteiger partial charge is 0.494 e. The second kappa shape index (κ2) is 13.5. The summed E-state index contributed by atoms with van der Waals surface area (Å²) in [6.45, 7) is 5.29. The molecule has 1 aromatic carbocycles. The lowest BCUT2D eigenvalue weighted by Gasteiger charge is -2.28. The van der Waals surface area contributed by atoms with E-state index in [1.165, 1.54) is 69.8 Å². The number of rotatable bonds is 13. The highest BCUT2D eigenvalue weighted by Gasteiger charge is 2.20. The van der Waals surface area contributed by atoms with E-state index in [4.69, 9.17) is 4.74 Å². The van der Waals surface area contributed by atoms with E-state index in [-0.39, 0.29) is 0 Å². The Bertz CT molecular complexity index is 718. The molecule has 1 saturated carbocycles. The van der Waals surface area contributed by atoms with Gasteiger partial charge < -0.3 is 4.74 Å². The Balaban J connectivity index is 1.31. The molecule has 31 heavy (non-hydrogen) atoms. The molecule has 1 fully saturated rings. The minimum absolute atomic E-state index is 0.785. The second-order valence-corrected chi connectivity index (χ2v) is 9.42. The van der Waals surface area contributed by atoms with Crippen LogP contribution in [0.15, 0.2) is 36.7 Å². The number of unbranched alkanes of at least 4 members (excludes halogenated alkanes) is 3. The van der Waals surface area contributed by atoms with Crippen LogP contribution in [-0.4, -0.2) is 16.6 Å². The lowest BCUT2D eigenvalue weighted by atomic mass is 9.78. The Labute approximate surface area is 190 Å². The maximum atomic E-state index is 6.00. The Morgan fingerprint density at radius 2 is 1.42 bits per heavy atom. The van der Waals surface area contributed by atoms with Gasteiger partial charge in [0.1, 0.15) is 5.75 Å². The van der Waals surface area contributed by atoms with Crippen LogP contribution in [0.3, 0.4) is 0 Å². The SMILES string of the molecule is CCCCCC[C@H]1CC[C@H](CCCOc2ccc(-c3ncc(CCC)cn3)cc2)CC1. The second-order valence-electron chi connectivity index (χ2n) is 9.42. The molecule has 3 heteroatoms. The highest BCUT2D eigenvalue weighted by molar-refractivity contribution is 5.55. The molecule has 0 radical (unpaired) electrons. The van der Waals surface area contributed by atoms with Gasteiger partial charge >= 0.3 is 0 Å². The average Bonchev–Trinajstić information content (AvgIpc) is 2.82. The molecule has 2 aromatic rings. The summed E-state index contributed by atoms with van der Waals surface area (Å²) in [4.78, 5) is 9.00. The van der Waals surface area contributed by atoms with Gasteiger partial charge in [0, 0.05) is 18.0 Å². The Morgan fingerprint density at radius 3 is 2.03 bits per heavy atom. The molecular formula is C28H42N2O. The minimum atomic E-state index is 0.785.